The summed E-state index contributed by atoms with van der Waals surface area (Å²) in [6, 6.07) is 9.08. The summed E-state index contributed by atoms with van der Waals surface area (Å²) < 4.78 is 0. The van der Waals surface area contributed by atoms with Gasteiger partial charge < -0.3 is 5.32 Å². The summed E-state index contributed by atoms with van der Waals surface area (Å²) in [5.41, 5.74) is 3.28. The molecule has 0 aliphatic rings. The Balaban J connectivity index is 2.15. The lowest BCUT2D eigenvalue weighted by molar-refractivity contribution is 0.104. The Bertz CT molecular complexity index is 651. The van der Waals surface area contributed by atoms with Crippen LogP contribution in [0.1, 0.15) is 22.8 Å². The third kappa shape index (κ3) is 3.68. The second-order valence-electron chi connectivity index (χ2n) is 4.52. The van der Waals surface area contributed by atoms with E-state index in [1.807, 2.05) is 32.0 Å². The minimum absolute atomic E-state index is 0.0808. The van der Waals surface area contributed by atoms with Crippen molar-refractivity contribution in [3.8, 4) is 0 Å². The van der Waals surface area contributed by atoms with Gasteiger partial charge in [-0.2, -0.15) is 0 Å². The highest BCUT2D eigenvalue weighted by molar-refractivity contribution is 6.30. The molecule has 0 amide bonds. The average molecular weight is 287 g/mol. The first-order valence-corrected chi connectivity index (χ1v) is 6.60. The van der Waals surface area contributed by atoms with Gasteiger partial charge in [0, 0.05) is 40.4 Å². The van der Waals surface area contributed by atoms with Crippen molar-refractivity contribution in [2.24, 2.45) is 0 Å². The highest BCUT2D eigenvalue weighted by Gasteiger charge is 2.04. The zero-order chi connectivity index (χ0) is 14.5. The van der Waals surface area contributed by atoms with E-state index in [0.717, 1.165) is 16.9 Å². The Kier molecular flexibility index (Phi) is 4.53. The summed E-state index contributed by atoms with van der Waals surface area (Å²) >= 11 is 5.97. The largest absolute Gasteiger partial charge is 0.359 e. The van der Waals surface area contributed by atoms with Crippen molar-refractivity contribution >= 4 is 23.1 Å². The van der Waals surface area contributed by atoms with Crippen LogP contribution in [0.2, 0.25) is 5.02 Å². The van der Waals surface area contributed by atoms with Gasteiger partial charge in [-0.1, -0.05) is 17.7 Å². The quantitative estimate of drug-likeness (QED) is 0.675. The van der Waals surface area contributed by atoms with E-state index in [0.29, 0.717) is 10.6 Å². The van der Waals surface area contributed by atoms with Gasteiger partial charge in [-0.05, 0) is 43.7 Å². The van der Waals surface area contributed by atoms with E-state index < -0.39 is 0 Å². The molecule has 1 aromatic heterocycles. The number of aryl methyl sites for hydroxylation is 1. The third-order valence-electron chi connectivity index (χ3n) is 2.83. The van der Waals surface area contributed by atoms with Crippen LogP contribution < -0.4 is 5.32 Å². The normalized spacial score (nSPS) is 11.2. The van der Waals surface area contributed by atoms with Crippen molar-refractivity contribution in [1.29, 1.82) is 0 Å². The maximum atomic E-state index is 12.0. The Morgan fingerprint density at radius 1 is 1.35 bits per heavy atom. The summed E-state index contributed by atoms with van der Waals surface area (Å²) in [6.45, 7) is 3.82. The Morgan fingerprint density at radius 3 is 2.85 bits per heavy atom. The van der Waals surface area contributed by atoms with Crippen LogP contribution in [0.3, 0.4) is 0 Å². The van der Waals surface area contributed by atoms with Crippen molar-refractivity contribution in [2.45, 2.75) is 13.8 Å². The van der Waals surface area contributed by atoms with Crippen molar-refractivity contribution in [2.75, 3.05) is 5.32 Å². The van der Waals surface area contributed by atoms with Crippen molar-refractivity contribution in [3.05, 3.63) is 70.6 Å². The van der Waals surface area contributed by atoms with Crippen LogP contribution in [0.5, 0.6) is 0 Å². The summed E-state index contributed by atoms with van der Waals surface area (Å²) in [6.07, 6.45) is 4.75. The van der Waals surface area contributed by atoms with E-state index in [1.54, 1.807) is 30.6 Å². The van der Waals surface area contributed by atoms with Crippen LogP contribution >= 0.6 is 11.6 Å². The van der Waals surface area contributed by atoms with Gasteiger partial charge in [-0.3, -0.25) is 9.78 Å². The first-order valence-electron chi connectivity index (χ1n) is 6.22. The van der Waals surface area contributed by atoms with Crippen molar-refractivity contribution in [3.63, 3.8) is 0 Å². The fraction of sp³-hybridized carbons (Fsp3) is 0.125. The van der Waals surface area contributed by atoms with Gasteiger partial charge in [0.1, 0.15) is 0 Å². The molecule has 102 valence electrons. The molecule has 0 radical (unpaired) electrons. The average Bonchev–Trinajstić information content (AvgIpc) is 2.43. The number of halogens is 1. The molecule has 4 heteroatoms. The number of ketones is 1. The minimum Gasteiger partial charge on any atom is -0.359 e. The summed E-state index contributed by atoms with van der Waals surface area (Å²) in [5, 5.41) is 3.84. The Labute approximate surface area is 123 Å². The molecule has 1 heterocycles. The van der Waals surface area contributed by atoms with Crippen LogP contribution in [0.15, 0.2) is 54.5 Å². The molecular formula is C16H15ClN2O. The molecule has 1 N–H and O–H groups in total. The molecule has 0 saturated carbocycles. The van der Waals surface area contributed by atoms with Gasteiger partial charge in [0.2, 0.25) is 0 Å². The number of nitrogens with zero attached hydrogens (tertiary/aromatic N) is 1. The van der Waals surface area contributed by atoms with E-state index in [1.165, 1.54) is 0 Å². The van der Waals surface area contributed by atoms with Gasteiger partial charge in [0.15, 0.2) is 5.78 Å². The van der Waals surface area contributed by atoms with Gasteiger partial charge >= 0.3 is 0 Å². The van der Waals surface area contributed by atoms with Gasteiger partial charge in [-0.15, -0.1) is 0 Å². The summed E-state index contributed by atoms with van der Waals surface area (Å²) in [5.74, 6) is -0.0808. The molecule has 20 heavy (non-hydrogen) atoms. The number of rotatable bonds is 4. The molecule has 3 nitrogen and oxygen atoms in total. The summed E-state index contributed by atoms with van der Waals surface area (Å²) in [7, 11) is 0. The summed E-state index contributed by atoms with van der Waals surface area (Å²) in [4.78, 5) is 15.9. The van der Waals surface area contributed by atoms with Gasteiger partial charge in [0.25, 0.3) is 0 Å². The molecule has 2 aromatic rings. The molecule has 0 saturated heterocycles. The molecule has 0 unspecified atom stereocenters. The van der Waals surface area contributed by atoms with Crippen molar-refractivity contribution < 1.29 is 4.79 Å². The lowest BCUT2D eigenvalue weighted by Gasteiger charge is -2.10. The highest BCUT2D eigenvalue weighted by atomic mass is 35.5. The second-order valence-corrected chi connectivity index (χ2v) is 4.95. The highest BCUT2D eigenvalue weighted by Crippen LogP contribution is 2.21. The lowest BCUT2D eigenvalue weighted by Crippen LogP contribution is -2.02. The lowest BCUT2D eigenvalue weighted by atomic mass is 10.1. The topological polar surface area (TPSA) is 42.0 Å². The molecule has 0 spiro atoms. The first kappa shape index (κ1) is 14.3. The third-order valence-corrected chi connectivity index (χ3v) is 3.06. The predicted octanol–water partition coefficient (Wildman–Crippen LogP) is 4.24. The zero-order valence-corrected chi connectivity index (χ0v) is 12.1. The van der Waals surface area contributed by atoms with E-state index in [9.17, 15) is 4.79 Å². The zero-order valence-electron chi connectivity index (χ0n) is 11.4. The number of pyridine rings is 1. The van der Waals surface area contributed by atoms with E-state index in [-0.39, 0.29) is 5.78 Å². The van der Waals surface area contributed by atoms with Gasteiger partial charge in [-0.25, -0.2) is 0 Å². The van der Waals surface area contributed by atoms with Crippen LogP contribution in [-0.2, 0) is 0 Å². The number of allylic oxidation sites excluding steroid dienone is 2. The first-order chi connectivity index (χ1) is 9.56. The standard InChI is InChI=1S/C16H15ClN2O/c1-11-5-6-14(17)9-15(11)19-12(2)8-16(20)13-4-3-7-18-10-13/h3-10,19H,1-2H3. The number of hydrogen-bond donors (Lipinski definition) is 1. The van der Waals surface area contributed by atoms with E-state index in [2.05, 4.69) is 10.3 Å². The number of aromatic nitrogens is 1. The Hall–Kier alpha value is -2.13. The fourth-order valence-electron chi connectivity index (χ4n) is 1.77. The maximum Gasteiger partial charge on any atom is 0.189 e. The van der Waals surface area contributed by atoms with Crippen LogP contribution in [0.25, 0.3) is 0 Å². The molecule has 0 fully saturated rings. The molecule has 0 aliphatic heterocycles. The number of carbonyl (C=O) groups is 1. The van der Waals surface area contributed by atoms with E-state index in [4.69, 9.17) is 11.6 Å². The number of carbonyl (C=O) groups excluding carboxylic acids is 1. The molecule has 0 atom stereocenters. The van der Waals surface area contributed by atoms with Crippen LogP contribution in [-0.4, -0.2) is 10.8 Å². The van der Waals surface area contributed by atoms with Crippen LogP contribution in [0, 0.1) is 6.92 Å². The molecule has 0 bridgehead atoms. The predicted molar refractivity (Wildman–Crippen MR) is 82.1 cm³/mol. The van der Waals surface area contributed by atoms with E-state index >= 15 is 0 Å². The minimum atomic E-state index is -0.0808. The fourth-order valence-corrected chi connectivity index (χ4v) is 1.94. The maximum absolute atomic E-state index is 12.0. The molecule has 1 aromatic carbocycles. The number of anilines is 1. The molecule has 2 rings (SSSR count). The van der Waals surface area contributed by atoms with Crippen LogP contribution in [0.4, 0.5) is 5.69 Å². The van der Waals surface area contributed by atoms with Crippen molar-refractivity contribution in [1.82, 2.24) is 4.98 Å². The smallest absolute Gasteiger partial charge is 0.189 e. The monoisotopic (exact) mass is 286 g/mol. The number of benzene rings is 1. The SMILES string of the molecule is CC(=CC(=O)c1cccnc1)Nc1cc(Cl)ccc1C. The molecular weight excluding hydrogens is 272 g/mol. The number of nitrogens with one attached hydrogen (secondary N) is 1. The Morgan fingerprint density at radius 2 is 2.15 bits per heavy atom. The van der Waals surface area contributed by atoms with Gasteiger partial charge in [0.05, 0.1) is 0 Å². The number of hydrogen-bond acceptors (Lipinski definition) is 3. The molecule has 0 aliphatic carbocycles. The second kappa shape index (κ2) is 6.35.